The van der Waals surface area contributed by atoms with Crippen molar-refractivity contribution in [2.45, 2.75) is 0 Å². The van der Waals surface area contributed by atoms with Crippen molar-refractivity contribution in [2.24, 2.45) is 11.7 Å². The minimum atomic E-state index is -1.29. The highest BCUT2D eigenvalue weighted by atomic mass is 35.5. The highest BCUT2D eigenvalue weighted by Crippen LogP contribution is 2.35. The van der Waals surface area contributed by atoms with Crippen LogP contribution in [0.3, 0.4) is 0 Å². The number of amides is 2. The molecule has 0 aliphatic heterocycles. The molecule has 2 aromatic rings. The number of hydrogen-bond donors (Lipinski definition) is 3. The Morgan fingerprint density at radius 2 is 1.68 bits per heavy atom. The molecule has 0 bridgehead atoms. The van der Waals surface area contributed by atoms with E-state index in [1.807, 2.05) is 30.3 Å². The summed E-state index contributed by atoms with van der Waals surface area (Å²) in [4.78, 5) is 35.8. The van der Waals surface area contributed by atoms with Crippen molar-refractivity contribution in [2.75, 3.05) is 25.5 Å². The molecule has 1 atom stereocenters. The van der Waals surface area contributed by atoms with Gasteiger partial charge in [0, 0.05) is 6.54 Å². The second kappa shape index (κ2) is 10.1. The van der Waals surface area contributed by atoms with Crippen LogP contribution in [0.2, 0.25) is 10.0 Å². The summed E-state index contributed by atoms with van der Waals surface area (Å²) >= 11 is 12.6. The molecule has 2 amide bonds. The standard InChI is InChI=1S/C19H19Cl2N3O4/c1-28-19(27)13(10-23-16(25)9-22)18(26)24-17-14(20)7-12(8-15(17)21)11-5-3-2-4-6-11/h2-8,13H,9-10,22H2,1H3,(H,23,25)(H,24,26)/t13-/m0/s1. The molecule has 0 fully saturated rings. The van der Waals surface area contributed by atoms with Gasteiger partial charge in [0.1, 0.15) is 0 Å². The molecule has 0 saturated heterocycles. The van der Waals surface area contributed by atoms with Crippen molar-refractivity contribution in [1.29, 1.82) is 0 Å². The molecule has 148 valence electrons. The summed E-state index contributed by atoms with van der Waals surface area (Å²) in [5.74, 6) is -3.34. The molecule has 2 aromatic carbocycles. The number of carbonyl (C=O) groups is 3. The molecule has 0 heterocycles. The summed E-state index contributed by atoms with van der Waals surface area (Å²) < 4.78 is 4.63. The Bertz CT molecular complexity index is 852. The van der Waals surface area contributed by atoms with Crippen LogP contribution in [0, 0.1) is 5.92 Å². The van der Waals surface area contributed by atoms with Crippen LogP contribution in [0.4, 0.5) is 5.69 Å². The van der Waals surface area contributed by atoms with Crippen LogP contribution in [-0.2, 0) is 19.1 Å². The normalized spacial score (nSPS) is 11.4. The molecule has 0 unspecified atom stereocenters. The van der Waals surface area contributed by atoms with Crippen LogP contribution in [0.5, 0.6) is 0 Å². The monoisotopic (exact) mass is 423 g/mol. The maximum Gasteiger partial charge on any atom is 0.320 e. The van der Waals surface area contributed by atoms with Crippen LogP contribution in [0.1, 0.15) is 0 Å². The van der Waals surface area contributed by atoms with Gasteiger partial charge < -0.3 is 21.1 Å². The summed E-state index contributed by atoms with van der Waals surface area (Å²) in [6, 6.07) is 12.7. The molecular weight excluding hydrogens is 405 g/mol. The van der Waals surface area contributed by atoms with Gasteiger partial charge in [-0.3, -0.25) is 14.4 Å². The van der Waals surface area contributed by atoms with Gasteiger partial charge in [0.15, 0.2) is 5.92 Å². The summed E-state index contributed by atoms with van der Waals surface area (Å²) in [5.41, 5.74) is 7.04. The summed E-state index contributed by atoms with van der Waals surface area (Å²) in [7, 11) is 1.14. The molecular formula is C19H19Cl2N3O4. The van der Waals surface area contributed by atoms with Crippen molar-refractivity contribution in [3.8, 4) is 11.1 Å². The predicted molar refractivity (Wildman–Crippen MR) is 108 cm³/mol. The highest BCUT2D eigenvalue weighted by Gasteiger charge is 2.29. The number of hydrogen-bond acceptors (Lipinski definition) is 5. The number of nitrogens with two attached hydrogens (primary N) is 1. The van der Waals surface area contributed by atoms with E-state index in [-0.39, 0.29) is 28.8 Å². The van der Waals surface area contributed by atoms with Crippen molar-refractivity contribution in [1.82, 2.24) is 5.32 Å². The largest absolute Gasteiger partial charge is 0.468 e. The van der Waals surface area contributed by atoms with Gasteiger partial charge in [-0.05, 0) is 23.3 Å². The fraction of sp³-hybridized carbons (Fsp3) is 0.211. The SMILES string of the molecule is COC(=O)[C@@H](CNC(=O)CN)C(=O)Nc1c(Cl)cc(-c2ccccc2)cc1Cl. The van der Waals surface area contributed by atoms with Gasteiger partial charge in [-0.1, -0.05) is 53.5 Å². The maximum absolute atomic E-state index is 12.6. The first-order valence-electron chi connectivity index (χ1n) is 8.27. The van der Waals surface area contributed by atoms with Gasteiger partial charge in [-0.15, -0.1) is 0 Å². The smallest absolute Gasteiger partial charge is 0.320 e. The second-order valence-electron chi connectivity index (χ2n) is 5.75. The number of esters is 1. The van der Waals surface area contributed by atoms with E-state index in [1.165, 1.54) is 0 Å². The minimum absolute atomic E-state index is 0.159. The van der Waals surface area contributed by atoms with Gasteiger partial charge in [0.05, 0.1) is 29.4 Å². The summed E-state index contributed by atoms with van der Waals surface area (Å²) in [6.45, 7) is -0.542. The summed E-state index contributed by atoms with van der Waals surface area (Å²) in [6.07, 6.45) is 0. The van der Waals surface area contributed by atoms with Crippen molar-refractivity contribution in [3.05, 3.63) is 52.5 Å². The molecule has 9 heteroatoms. The molecule has 28 heavy (non-hydrogen) atoms. The van der Waals surface area contributed by atoms with Crippen molar-refractivity contribution in [3.63, 3.8) is 0 Å². The first kappa shape index (κ1) is 21.7. The van der Waals surface area contributed by atoms with Crippen molar-refractivity contribution >= 4 is 46.7 Å². The summed E-state index contributed by atoms with van der Waals surface area (Å²) in [5, 5.41) is 5.32. The topological polar surface area (TPSA) is 111 Å². The molecule has 0 aromatic heterocycles. The van der Waals surface area contributed by atoms with Crippen molar-refractivity contribution < 1.29 is 19.1 Å². The Morgan fingerprint density at radius 3 is 2.21 bits per heavy atom. The third-order valence-corrected chi connectivity index (χ3v) is 4.48. The number of methoxy groups -OCH3 is 1. The highest BCUT2D eigenvalue weighted by molar-refractivity contribution is 6.40. The van der Waals surface area contributed by atoms with Gasteiger partial charge >= 0.3 is 5.97 Å². The van der Waals surface area contributed by atoms with E-state index in [2.05, 4.69) is 15.4 Å². The lowest BCUT2D eigenvalue weighted by molar-refractivity contribution is -0.148. The van der Waals surface area contributed by atoms with E-state index < -0.39 is 23.7 Å². The van der Waals surface area contributed by atoms with Gasteiger partial charge in [0.25, 0.3) is 0 Å². The van der Waals surface area contributed by atoms with Gasteiger partial charge in [0.2, 0.25) is 11.8 Å². The minimum Gasteiger partial charge on any atom is -0.468 e. The zero-order chi connectivity index (χ0) is 20.7. The van der Waals surface area contributed by atoms with Crippen LogP contribution in [0.15, 0.2) is 42.5 Å². The zero-order valence-electron chi connectivity index (χ0n) is 15.0. The number of carbonyl (C=O) groups excluding carboxylic acids is 3. The van der Waals surface area contributed by atoms with Crippen LogP contribution in [-0.4, -0.2) is 38.0 Å². The van der Waals surface area contributed by atoms with E-state index in [0.717, 1.165) is 18.2 Å². The van der Waals surface area contributed by atoms with Gasteiger partial charge in [-0.2, -0.15) is 0 Å². The number of anilines is 1. The molecule has 0 spiro atoms. The van der Waals surface area contributed by atoms with Crippen LogP contribution >= 0.6 is 23.2 Å². The Hall–Kier alpha value is -2.61. The van der Waals surface area contributed by atoms with E-state index in [1.54, 1.807) is 12.1 Å². The molecule has 7 nitrogen and oxygen atoms in total. The predicted octanol–water partition coefficient (Wildman–Crippen LogP) is 2.46. The molecule has 0 aliphatic rings. The first-order valence-corrected chi connectivity index (χ1v) is 9.02. The average molecular weight is 424 g/mol. The number of halogens is 2. The Kier molecular flexibility index (Phi) is 7.80. The van der Waals surface area contributed by atoms with E-state index >= 15 is 0 Å². The Morgan fingerprint density at radius 1 is 1.07 bits per heavy atom. The maximum atomic E-state index is 12.6. The number of ether oxygens (including phenoxy) is 1. The second-order valence-corrected chi connectivity index (χ2v) is 6.57. The van der Waals surface area contributed by atoms with E-state index in [4.69, 9.17) is 28.9 Å². The lowest BCUT2D eigenvalue weighted by Crippen LogP contribution is -2.42. The lowest BCUT2D eigenvalue weighted by atomic mass is 10.0. The fourth-order valence-electron chi connectivity index (χ4n) is 2.41. The molecule has 0 radical (unpaired) electrons. The van der Waals surface area contributed by atoms with Crippen LogP contribution in [0.25, 0.3) is 11.1 Å². The lowest BCUT2D eigenvalue weighted by Gasteiger charge is -2.17. The van der Waals surface area contributed by atoms with E-state index in [9.17, 15) is 14.4 Å². The third kappa shape index (κ3) is 5.45. The molecule has 0 aliphatic carbocycles. The molecule has 0 saturated carbocycles. The average Bonchev–Trinajstić information content (AvgIpc) is 2.70. The van der Waals surface area contributed by atoms with Crippen LogP contribution < -0.4 is 16.4 Å². The Labute approximate surface area is 172 Å². The number of rotatable bonds is 7. The van der Waals surface area contributed by atoms with E-state index in [0.29, 0.717) is 0 Å². The quantitative estimate of drug-likeness (QED) is 0.467. The fourth-order valence-corrected chi connectivity index (χ4v) is 3.00. The number of nitrogens with one attached hydrogen (secondary N) is 2. The zero-order valence-corrected chi connectivity index (χ0v) is 16.5. The third-order valence-electron chi connectivity index (χ3n) is 3.89. The molecule has 2 rings (SSSR count). The van der Waals surface area contributed by atoms with Gasteiger partial charge in [-0.25, -0.2) is 0 Å². The number of benzene rings is 2. The molecule has 4 N–H and O–H groups in total. The Balaban J connectivity index is 2.23. The first-order chi connectivity index (χ1) is 13.4.